The van der Waals surface area contributed by atoms with Gasteiger partial charge in [0.1, 0.15) is 0 Å². The largest absolute Gasteiger partial charge is 0.417 e. The van der Waals surface area contributed by atoms with Crippen molar-refractivity contribution < 1.29 is 13.2 Å². The molecule has 0 aliphatic carbocycles. The maximum Gasteiger partial charge on any atom is 0.417 e. The zero-order chi connectivity index (χ0) is 17.9. The summed E-state index contributed by atoms with van der Waals surface area (Å²) in [6.45, 7) is 2.79. The van der Waals surface area contributed by atoms with Gasteiger partial charge in [0, 0.05) is 29.4 Å². The van der Waals surface area contributed by atoms with Crippen LogP contribution in [0.4, 0.5) is 18.9 Å². The Labute approximate surface area is 149 Å². The minimum absolute atomic E-state index is 0.0788. The Hall–Kier alpha value is -2.21. The van der Waals surface area contributed by atoms with Crippen molar-refractivity contribution in [2.45, 2.75) is 6.18 Å². The van der Waals surface area contributed by atoms with Crippen molar-refractivity contribution in [2.24, 2.45) is 5.10 Å². The average molecular weight is 368 g/mol. The summed E-state index contributed by atoms with van der Waals surface area (Å²) in [4.78, 5) is 2.20. The molecule has 0 atom stereocenters. The predicted molar refractivity (Wildman–Crippen MR) is 94.3 cm³/mol. The van der Waals surface area contributed by atoms with Gasteiger partial charge in [0.2, 0.25) is 0 Å². The van der Waals surface area contributed by atoms with Crippen LogP contribution in [0, 0.1) is 0 Å². The van der Waals surface area contributed by atoms with Gasteiger partial charge in [-0.2, -0.15) is 18.3 Å². The number of hydrazone groups is 1. The number of benzene rings is 2. The quantitative estimate of drug-likeness (QED) is 0.743. The summed E-state index contributed by atoms with van der Waals surface area (Å²) in [5.41, 5.74) is 0.490. The van der Waals surface area contributed by atoms with E-state index in [0.29, 0.717) is 18.1 Å². The van der Waals surface area contributed by atoms with Crippen molar-refractivity contribution in [3.63, 3.8) is 0 Å². The van der Waals surface area contributed by atoms with Gasteiger partial charge in [0.05, 0.1) is 24.9 Å². The lowest BCUT2D eigenvalue weighted by molar-refractivity contribution is -0.137. The summed E-state index contributed by atoms with van der Waals surface area (Å²) < 4.78 is 39.0. The van der Waals surface area contributed by atoms with E-state index in [4.69, 9.17) is 11.6 Å². The molecule has 0 unspecified atom stereocenters. The second-order valence-electron chi connectivity index (χ2n) is 5.75. The number of anilines is 1. The van der Waals surface area contributed by atoms with Crippen molar-refractivity contribution in [1.29, 1.82) is 0 Å². The van der Waals surface area contributed by atoms with Gasteiger partial charge in [-0.1, -0.05) is 29.8 Å². The van der Waals surface area contributed by atoms with Crippen molar-refractivity contribution in [2.75, 3.05) is 31.1 Å². The molecule has 0 aromatic heterocycles. The van der Waals surface area contributed by atoms with E-state index >= 15 is 0 Å². The first-order valence-corrected chi connectivity index (χ1v) is 8.27. The molecule has 1 fully saturated rings. The molecule has 1 heterocycles. The third-order valence-corrected chi connectivity index (χ3v) is 4.33. The number of hydrogen-bond acceptors (Lipinski definition) is 3. The van der Waals surface area contributed by atoms with Crippen LogP contribution in [0.2, 0.25) is 5.02 Å². The molecule has 25 heavy (non-hydrogen) atoms. The Bertz CT molecular complexity index is 736. The SMILES string of the molecule is FC(F)(F)c1ccccc1/C=N/N1CCN(c2ccc(Cl)cc2)CC1. The molecule has 1 aliphatic rings. The zero-order valence-electron chi connectivity index (χ0n) is 13.4. The minimum atomic E-state index is -4.38. The van der Waals surface area contributed by atoms with Gasteiger partial charge >= 0.3 is 6.18 Å². The topological polar surface area (TPSA) is 18.8 Å². The van der Waals surface area contributed by atoms with Crippen LogP contribution in [-0.2, 0) is 6.18 Å². The highest BCUT2D eigenvalue weighted by molar-refractivity contribution is 6.30. The molecule has 0 radical (unpaired) electrons. The molecule has 3 nitrogen and oxygen atoms in total. The van der Waals surface area contributed by atoms with Gasteiger partial charge in [0.25, 0.3) is 0 Å². The zero-order valence-corrected chi connectivity index (χ0v) is 14.1. The van der Waals surface area contributed by atoms with Crippen LogP contribution >= 0.6 is 11.6 Å². The lowest BCUT2D eigenvalue weighted by atomic mass is 10.1. The monoisotopic (exact) mass is 367 g/mol. The minimum Gasteiger partial charge on any atom is -0.368 e. The summed E-state index contributed by atoms with van der Waals surface area (Å²) in [7, 11) is 0. The van der Waals surface area contributed by atoms with E-state index in [1.54, 1.807) is 11.1 Å². The number of alkyl halides is 3. The standard InChI is InChI=1S/C18H17ClF3N3/c19-15-5-7-16(8-6-15)24-9-11-25(12-10-24)23-13-14-3-1-2-4-17(14)18(20,21)22/h1-8,13H,9-12H2/b23-13+. The third kappa shape index (κ3) is 4.45. The number of halogens is 4. The van der Waals surface area contributed by atoms with E-state index in [-0.39, 0.29) is 5.56 Å². The van der Waals surface area contributed by atoms with Gasteiger partial charge in [-0.3, -0.25) is 5.01 Å². The Kier molecular flexibility index (Phi) is 5.18. The summed E-state index contributed by atoms with van der Waals surface area (Å²) in [5.74, 6) is 0. The van der Waals surface area contributed by atoms with Crippen LogP contribution in [0.1, 0.15) is 11.1 Å². The number of piperazine rings is 1. The van der Waals surface area contributed by atoms with Crippen LogP contribution < -0.4 is 4.90 Å². The molecule has 2 aromatic rings. The van der Waals surface area contributed by atoms with E-state index in [1.165, 1.54) is 18.3 Å². The highest BCUT2D eigenvalue weighted by atomic mass is 35.5. The first-order valence-electron chi connectivity index (χ1n) is 7.89. The van der Waals surface area contributed by atoms with Crippen molar-refractivity contribution >= 4 is 23.5 Å². The Morgan fingerprint density at radius 2 is 1.56 bits per heavy atom. The first-order chi connectivity index (χ1) is 11.9. The second-order valence-corrected chi connectivity index (χ2v) is 6.18. The van der Waals surface area contributed by atoms with Gasteiger partial charge < -0.3 is 4.90 Å². The van der Waals surface area contributed by atoms with Crippen LogP contribution in [0.15, 0.2) is 53.6 Å². The predicted octanol–water partition coefficient (Wildman–Crippen LogP) is 4.51. The van der Waals surface area contributed by atoms with Crippen LogP contribution in [0.3, 0.4) is 0 Å². The number of nitrogens with zero attached hydrogens (tertiary/aromatic N) is 3. The molecule has 0 N–H and O–H groups in total. The normalized spacial score (nSPS) is 15.8. The molecule has 132 valence electrons. The fourth-order valence-electron chi connectivity index (χ4n) is 2.73. The summed E-state index contributed by atoms with van der Waals surface area (Å²) in [5, 5.41) is 6.71. The molecule has 3 rings (SSSR count). The molecule has 1 aliphatic heterocycles. The molecule has 0 bridgehead atoms. The summed E-state index contributed by atoms with van der Waals surface area (Å²) in [6, 6.07) is 13.1. The van der Waals surface area contributed by atoms with Crippen molar-refractivity contribution in [3.05, 3.63) is 64.7 Å². The van der Waals surface area contributed by atoms with E-state index in [1.807, 2.05) is 24.3 Å². The molecule has 7 heteroatoms. The summed E-state index contributed by atoms with van der Waals surface area (Å²) in [6.07, 6.45) is -3.09. The molecule has 0 amide bonds. The Morgan fingerprint density at radius 1 is 0.920 bits per heavy atom. The number of rotatable bonds is 3. The fraction of sp³-hybridized carbons (Fsp3) is 0.278. The van der Waals surface area contributed by atoms with E-state index in [9.17, 15) is 13.2 Å². The van der Waals surface area contributed by atoms with Crippen molar-refractivity contribution in [1.82, 2.24) is 5.01 Å². The lowest BCUT2D eigenvalue weighted by Crippen LogP contribution is -2.44. The third-order valence-electron chi connectivity index (χ3n) is 4.07. The van der Waals surface area contributed by atoms with E-state index in [2.05, 4.69) is 10.0 Å². The second kappa shape index (κ2) is 7.35. The molecule has 2 aromatic carbocycles. The Balaban J connectivity index is 1.63. The van der Waals surface area contributed by atoms with Gasteiger partial charge in [-0.15, -0.1) is 0 Å². The molecular weight excluding hydrogens is 351 g/mol. The lowest BCUT2D eigenvalue weighted by Gasteiger charge is -2.34. The average Bonchev–Trinajstić information content (AvgIpc) is 2.61. The van der Waals surface area contributed by atoms with Crippen LogP contribution in [0.25, 0.3) is 0 Å². The van der Waals surface area contributed by atoms with E-state index < -0.39 is 11.7 Å². The Morgan fingerprint density at radius 3 is 2.20 bits per heavy atom. The van der Waals surface area contributed by atoms with Gasteiger partial charge in [0.15, 0.2) is 0 Å². The van der Waals surface area contributed by atoms with Crippen LogP contribution in [-0.4, -0.2) is 37.4 Å². The number of hydrogen-bond donors (Lipinski definition) is 0. The maximum atomic E-state index is 13.0. The van der Waals surface area contributed by atoms with Gasteiger partial charge in [-0.05, 0) is 30.3 Å². The maximum absolute atomic E-state index is 13.0. The summed E-state index contributed by atoms with van der Waals surface area (Å²) >= 11 is 5.89. The van der Waals surface area contributed by atoms with Crippen LogP contribution in [0.5, 0.6) is 0 Å². The fourth-order valence-corrected chi connectivity index (χ4v) is 2.86. The first kappa shape index (κ1) is 17.6. The molecule has 1 saturated heterocycles. The van der Waals surface area contributed by atoms with Gasteiger partial charge in [-0.25, -0.2) is 0 Å². The highest BCUT2D eigenvalue weighted by Gasteiger charge is 2.32. The molecular formula is C18H17ClF3N3. The van der Waals surface area contributed by atoms with Crippen molar-refractivity contribution in [3.8, 4) is 0 Å². The molecule has 0 saturated carbocycles. The smallest absolute Gasteiger partial charge is 0.368 e. The molecule has 0 spiro atoms. The van der Waals surface area contributed by atoms with E-state index in [0.717, 1.165) is 24.8 Å². The highest BCUT2D eigenvalue weighted by Crippen LogP contribution is 2.31.